The average molecular weight is 336 g/mol. The number of carbonyl (C=O) groups is 1. The summed E-state index contributed by atoms with van der Waals surface area (Å²) in [5.74, 6) is -0.987. The Balaban J connectivity index is 1.56. The maximum atomic E-state index is 13.6. The van der Waals surface area contributed by atoms with Crippen LogP contribution in [0, 0.1) is 24.5 Å². The van der Waals surface area contributed by atoms with Crippen LogP contribution in [0.15, 0.2) is 18.2 Å². The zero-order valence-electron chi connectivity index (χ0n) is 13.2. The normalized spacial score (nSPS) is 20.3. The smallest absolute Gasteiger partial charge is 0.224 e. The number of aromatic amines is 1. The second-order valence-corrected chi connectivity index (χ2v) is 5.81. The fourth-order valence-electron chi connectivity index (χ4n) is 2.78. The fourth-order valence-corrected chi connectivity index (χ4v) is 2.78. The molecule has 24 heavy (non-hydrogen) atoms. The van der Waals surface area contributed by atoms with Crippen LogP contribution in [-0.4, -0.2) is 34.2 Å². The van der Waals surface area contributed by atoms with Crippen LogP contribution < -0.4 is 5.32 Å². The minimum Gasteiger partial charge on any atom is -0.370 e. The van der Waals surface area contributed by atoms with Gasteiger partial charge in [0.15, 0.2) is 17.5 Å². The number of H-pyrrole nitrogens is 1. The highest BCUT2D eigenvalue weighted by Crippen LogP contribution is 2.32. The Bertz CT molecular complexity index is 735. The lowest BCUT2D eigenvalue weighted by molar-refractivity contribution is -0.120. The molecule has 1 fully saturated rings. The van der Waals surface area contributed by atoms with E-state index in [1.165, 1.54) is 12.1 Å². The third kappa shape index (κ3) is 3.59. The van der Waals surface area contributed by atoms with Crippen LogP contribution in [-0.2, 0) is 16.0 Å². The lowest BCUT2D eigenvalue weighted by atomic mass is 10.0. The van der Waals surface area contributed by atoms with E-state index in [2.05, 4.69) is 20.5 Å². The zero-order chi connectivity index (χ0) is 17.1. The monoisotopic (exact) mass is 336 g/mol. The number of aryl methyl sites for hydroxylation is 1. The first-order valence-electron chi connectivity index (χ1n) is 7.74. The Labute approximate surface area is 137 Å². The lowest BCUT2D eigenvalue weighted by Gasteiger charge is -2.16. The molecule has 1 aliphatic rings. The maximum Gasteiger partial charge on any atom is 0.224 e. The molecule has 1 saturated heterocycles. The van der Waals surface area contributed by atoms with Crippen LogP contribution >= 0.6 is 0 Å². The minimum atomic E-state index is -0.981. The molecule has 6 nitrogen and oxygen atoms in total. The molecule has 2 aromatic rings. The Kier molecular flexibility index (Phi) is 4.84. The molecular formula is C16H18F2N4O2. The third-order valence-corrected chi connectivity index (χ3v) is 4.03. The molecule has 0 radical (unpaired) electrons. The van der Waals surface area contributed by atoms with E-state index >= 15 is 0 Å². The van der Waals surface area contributed by atoms with Gasteiger partial charge in [0.25, 0.3) is 0 Å². The van der Waals surface area contributed by atoms with Gasteiger partial charge in [-0.1, -0.05) is 12.1 Å². The highest BCUT2D eigenvalue weighted by molar-refractivity contribution is 5.78. The molecule has 8 heteroatoms. The number of nitrogens with one attached hydrogen (secondary N) is 2. The second kappa shape index (κ2) is 7.04. The number of nitrogens with zero attached hydrogens (tertiary/aromatic N) is 2. The van der Waals surface area contributed by atoms with Crippen molar-refractivity contribution in [2.24, 2.45) is 5.92 Å². The molecule has 0 bridgehead atoms. The average Bonchev–Trinajstić information content (AvgIpc) is 3.18. The van der Waals surface area contributed by atoms with Gasteiger partial charge in [0.05, 0.1) is 6.42 Å². The first-order valence-corrected chi connectivity index (χ1v) is 7.74. The van der Waals surface area contributed by atoms with Crippen molar-refractivity contribution in [1.82, 2.24) is 20.5 Å². The number of amides is 1. The van der Waals surface area contributed by atoms with Crippen molar-refractivity contribution in [2.75, 3.05) is 13.2 Å². The molecule has 3 rings (SSSR count). The lowest BCUT2D eigenvalue weighted by Crippen LogP contribution is -2.32. The Hall–Kier alpha value is -2.35. The molecule has 2 N–H and O–H groups in total. The van der Waals surface area contributed by atoms with Crippen molar-refractivity contribution in [3.8, 4) is 0 Å². The third-order valence-electron chi connectivity index (χ3n) is 4.03. The largest absolute Gasteiger partial charge is 0.370 e. The van der Waals surface area contributed by atoms with Crippen LogP contribution in [0.4, 0.5) is 8.78 Å². The van der Waals surface area contributed by atoms with E-state index in [0.717, 1.165) is 12.5 Å². The zero-order valence-corrected chi connectivity index (χ0v) is 13.2. The van der Waals surface area contributed by atoms with Gasteiger partial charge < -0.3 is 10.1 Å². The van der Waals surface area contributed by atoms with Gasteiger partial charge in [-0.2, -0.15) is 5.10 Å². The van der Waals surface area contributed by atoms with E-state index in [1.54, 1.807) is 6.92 Å². The number of rotatable bonds is 5. The van der Waals surface area contributed by atoms with Gasteiger partial charge in [-0.25, -0.2) is 13.8 Å². The predicted molar refractivity (Wildman–Crippen MR) is 81.0 cm³/mol. The fraction of sp³-hybridized carbons (Fsp3) is 0.438. The molecule has 128 valence electrons. The van der Waals surface area contributed by atoms with Gasteiger partial charge >= 0.3 is 0 Å². The van der Waals surface area contributed by atoms with Gasteiger partial charge in [-0.05, 0) is 19.4 Å². The summed E-state index contributed by atoms with van der Waals surface area (Å²) in [5, 5.41) is 9.62. The van der Waals surface area contributed by atoms with E-state index in [9.17, 15) is 13.6 Å². The van der Waals surface area contributed by atoms with E-state index in [0.29, 0.717) is 24.8 Å². The molecule has 1 aromatic heterocycles. The summed E-state index contributed by atoms with van der Waals surface area (Å²) < 4.78 is 32.4. The van der Waals surface area contributed by atoms with Crippen LogP contribution in [0.2, 0.25) is 0 Å². The van der Waals surface area contributed by atoms with E-state index in [-0.39, 0.29) is 29.9 Å². The molecule has 2 atom stereocenters. The van der Waals surface area contributed by atoms with Crippen molar-refractivity contribution in [3.05, 3.63) is 47.0 Å². The van der Waals surface area contributed by atoms with Gasteiger partial charge in [0, 0.05) is 24.6 Å². The SMILES string of the molecule is Cc1nc([C@H]2OCC[C@H]2CNC(=O)Cc2cccc(F)c2F)n[nH]1. The Morgan fingerprint density at radius 3 is 3.04 bits per heavy atom. The van der Waals surface area contributed by atoms with Crippen molar-refractivity contribution in [3.63, 3.8) is 0 Å². The van der Waals surface area contributed by atoms with Crippen LogP contribution in [0.25, 0.3) is 0 Å². The summed E-state index contributed by atoms with van der Waals surface area (Å²) in [4.78, 5) is 16.3. The Morgan fingerprint density at radius 1 is 1.46 bits per heavy atom. The van der Waals surface area contributed by atoms with E-state index in [4.69, 9.17) is 4.74 Å². The summed E-state index contributed by atoms with van der Waals surface area (Å²) in [6.07, 6.45) is 0.287. The van der Waals surface area contributed by atoms with Crippen molar-refractivity contribution in [2.45, 2.75) is 25.9 Å². The molecule has 1 aliphatic heterocycles. The number of aromatic nitrogens is 3. The van der Waals surface area contributed by atoms with E-state index < -0.39 is 11.6 Å². The van der Waals surface area contributed by atoms with Gasteiger partial charge in [0.1, 0.15) is 11.9 Å². The van der Waals surface area contributed by atoms with Gasteiger partial charge in [0.2, 0.25) is 5.91 Å². The minimum absolute atomic E-state index is 0.0383. The quantitative estimate of drug-likeness (QED) is 0.873. The highest BCUT2D eigenvalue weighted by atomic mass is 19.2. The molecular weight excluding hydrogens is 318 g/mol. The summed E-state index contributed by atoms with van der Waals surface area (Å²) in [5.41, 5.74) is 0.0383. The topological polar surface area (TPSA) is 79.9 Å². The molecule has 1 amide bonds. The second-order valence-electron chi connectivity index (χ2n) is 5.81. The number of hydrogen-bond donors (Lipinski definition) is 2. The van der Waals surface area contributed by atoms with Crippen LogP contribution in [0.1, 0.15) is 29.7 Å². The predicted octanol–water partition coefficient (Wildman–Crippen LogP) is 1.83. The Morgan fingerprint density at radius 2 is 2.29 bits per heavy atom. The molecule has 0 aliphatic carbocycles. The molecule has 1 aromatic carbocycles. The number of benzene rings is 1. The summed E-state index contributed by atoms with van der Waals surface area (Å²) in [6.45, 7) is 2.74. The molecule has 0 saturated carbocycles. The molecule has 2 heterocycles. The standard InChI is InChI=1S/C16H18F2N4O2/c1-9-20-16(22-21-9)15-11(5-6-24-15)8-19-13(23)7-10-3-2-4-12(17)14(10)18/h2-4,11,15H,5-8H2,1H3,(H,19,23)(H,20,21,22)/t11-,15-/m0/s1. The molecule has 0 spiro atoms. The summed E-state index contributed by atoms with van der Waals surface area (Å²) in [6, 6.07) is 3.80. The van der Waals surface area contributed by atoms with Crippen molar-refractivity contribution >= 4 is 5.91 Å². The number of carbonyl (C=O) groups excluding carboxylic acids is 1. The van der Waals surface area contributed by atoms with Crippen LogP contribution in [0.3, 0.4) is 0 Å². The van der Waals surface area contributed by atoms with Crippen molar-refractivity contribution in [1.29, 1.82) is 0 Å². The van der Waals surface area contributed by atoms with E-state index in [1.807, 2.05) is 0 Å². The van der Waals surface area contributed by atoms with Crippen molar-refractivity contribution < 1.29 is 18.3 Å². The molecule has 0 unspecified atom stereocenters. The highest BCUT2D eigenvalue weighted by Gasteiger charge is 2.32. The first kappa shape index (κ1) is 16.5. The van der Waals surface area contributed by atoms with Gasteiger partial charge in [-0.3, -0.25) is 9.89 Å². The summed E-state index contributed by atoms with van der Waals surface area (Å²) >= 11 is 0. The van der Waals surface area contributed by atoms with Crippen LogP contribution in [0.5, 0.6) is 0 Å². The van der Waals surface area contributed by atoms with Gasteiger partial charge in [-0.15, -0.1) is 0 Å². The number of ether oxygens (including phenoxy) is 1. The summed E-state index contributed by atoms with van der Waals surface area (Å²) in [7, 11) is 0. The number of halogens is 2. The maximum absolute atomic E-state index is 13.6. The first-order chi connectivity index (χ1) is 11.5. The number of hydrogen-bond acceptors (Lipinski definition) is 4.